The predicted octanol–water partition coefficient (Wildman–Crippen LogP) is 3.79. The van der Waals surface area contributed by atoms with Crippen molar-refractivity contribution >= 4 is 40.6 Å². The van der Waals surface area contributed by atoms with Crippen molar-refractivity contribution in [3.05, 3.63) is 45.4 Å². The maximum absolute atomic E-state index is 12.2. The van der Waals surface area contributed by atoms with Gasteiger partial charge in [-0.15, -0.1) is 11.3 Å². The Kier molecular flexibility index (Phi) is 7.66. The number of thioether (sulfide) groups is 1. The third-order valence-corrected chi connectivity index (χ3v) is 5.88. The molecule has 2 aromatic rings. The Bertz CT molecular complexity index is 774. The van der Waals surface area contributed by atoms with Gasteiger partial charge in [0.2, 0.25) is 11.8 Å². The lowest BCUT2D eigenvalue weighted by atomic mass is 10.1. The van der Waals surface area contributed by atoms with Gasteiger partial charge in [0, 0.05) is 36.0 Å². The van der Waals surface area contributed by atoms with Gasteiger partial charge in [0.15, 0.2) is 0 Å². The van der Waals surface area contributed by atoms with Crippen molar-refractivity contribution in [3.63, 3.8) is 0 Å². The lowest BCUT2D eigenvalue weighted by Gasteiger charge is -2.17. The lowest BCUT2D eigenvalue weighted by Crippen LogP contribution is -2.35. The molecular formula is C19H25N3O2S2. The lowest BCUT2D eigenvalue weighted by molar-refractivity contribution is -0.132. The van der Waals surface area contributed by atoms with Gasteiger partial charge in [0.05, 0.1) is 17.2 Å². The first-order valence-corrected chi connectivity index (χ1v) is 10.5. The van der Waals surface area contributed by atoms with Gasteiger partial charge in [-0.25, -0.2) is 4.98 Å². The molecule has 0 aliphatic heterocycles. The number of likely N-dealkylation sites (N-methyl/N-ethyl adjacent to an activating group) is 1. The number of anilines is 1. The first kappa shape index (κ1) is 20.5. The van der Waals surface area contributed by atoms with E-state index >= 15 is 0 Å². The highest BCUT2D eigenvalue weighted by atomic mass is 32.2. The molecule has 1 aromatic heterocycles. The minimum Gasteiger partial charge on any atom is -0.336 e. The third kappa shape index (κ3) is 6.14. The zero-order chi connectivity index (χ0) is 19.1. The number of aryl methyl sites for hydroxylation is 2. The number of hydrogen-bond acceptors (Lipinski definition) is 5. The summed E-state index contributed by atoms with van der Waals surface area (Å²) in [5.74, 6) is 1.33. The molecule has 0 aliphatic carbocycles. The Morgan fingerprint density at radius 1 is 1.27 bits per heavy atom. The summed E-state index contributed by atoms with van der Waals surface area (Å²) < 4.78 is 0. The van der Waals surface area contributed by atoms with E-state index in [9.17, 15) is 9.59 Å². The fraction of sp³-hybridized carbons (Fsp3) is 0.421. The summed E-state index contributed by atoms with van der Waals surface area (Å²) in [4.78, 5) is 30.3. The monoisotopic (exact) mass is 391 g/mol. The summed E-state index contributed by atoms with van der Waals surface area (Å²) in [6.45, 7) is 6.02. The van der Waals surface area contributed by atoms with Crippen LogP contribution in [0.3, 0.4) is 0 Å². The Morgan fingerprint density at radius 3 is 2.73 bits per heavy atom. The van der Waals surface area contributed by atoms with Gasteiger partial charge >= 0.3 is 0 Å². The maximum Gasteiger partial charge on any atom is 0.243 e. The van der Waals surface area contributed by atoms with Crippen LogP contribution >= 0.6 is 23.1 Å². The van der Waals surface area contributed by atoms with E-state index in [1.54, 1.807) is 30.1 Å². The smallest absolute Gasteiger partial charge is 0.243 e. The predicted molar refractivity (Wildman–Crippen MR) is 110 cm³/mol. The van der Waals surface area contributed by atoms with Crippen LogP contribution in [0, 0.1) is 20.8 Å². The largest absolute Gasteiger partial charge is 0.336 e. The molecule has 0 atom stereocenters. The Balaban J connectivity index is 1.72. The van der Waals surface area contributed by atoms with Crippen LogP contribution in [0.4, 0.5) is 5.69 Å². The number of rotatable bonds is 8. The molecule has 2 rings (SSSR count). The molecular weight excluding hydrogens is 366 g/mol. The number of hydrogen-bond donors (Lipinski definition) is 1. The van der Waals surface area contributed by atoms with Gasteiger partial charge < -0.3 is 10.2 Å². The van der Waals surface area contributed by atoms with Crippen LogP contribution in [0.1, 0.15) is 28.2 Å². The molecule has 5 nitrogen and oxygen atoms in total. The molecule has 0 bridgehead atoms. The summed E-state index contributed by atoms with van der Waals surface area (Å²) in [7, 11) is 1.67. The fourth-order valence-corrected chi connectivity index (χ4v) is 3.92. The van der Waals surface area contributed by atoms with Crippen molar-refractivity contribution in [3.8, 4) is 0 Å². The average Bonchev–Trinajstić information content (AvgIpc) is 3.01. The molecule has 26 heavy (non-hydrogen) atoms. The molecule has 2 amide bonds. The van der Waals surface area contributed by atoms with Gasteiger partial charge in [-0.1, -0.05) is 12.1 Å². The summed E-state index contributed by atoms with van der Waals surface area (Å²) >= 11 is 3.33. The first-order valence-electron chi connectivity index (χ1n) is 8.45. The van der Waals surface area contributed by atoms with Crippen molar-refractivity contribution in [2.45, 2.75) is 32.9 Å². The van der Waals surface area contributed by atoms with Gasteiger partial charge in [0.1, 0.15) is 0 Å². The van der Waals surface area contributed by atoms with E-state index in [2.05, 4.69) is 10.3 Å². The highest BCUT2D eigenvalue weighted by molar-refractivity contribution is 7.98. The molecule has 0 radical (unpaired) electrons. The number of nitrogens with one attached hydrogen (secondary N) is 1. The Hall–Kier alpha value is -1.86. The van der Waals surface area contributed by atoms with Crippen LogP contribution in [0.15, 0.2) is 23.6 Å². The SMILES string of the molecule is Cc1nc(CSCCC(=O)N(C)CC(=O)Nc2cccc(C)c2C)cs1. The molecule has 1 heterocycles. The molecule has 0 unspecified atom stereocenters. The van der Waals surface area contributed by atoms with Crippen LogP contribution in [0.2, 0.25) is 0 Å². The van der Waals surface area contributed by atoms with E-state index in [4.69, 9.17) is 0 Å². The number of thiazole rings is 1. The molecule has 0 saturated carbocycles. The molecule has 0 spiro atoms. The molecule has 0 saturated heterocycles. The quantitative estimate of drug-likeness (QED) is 0.696. The van der Waals surface area contributed by atoms with E-state index < -0.39 is 0 Å². The zero-order valence-corrected chi connectivity index (χ0v) is 17.3. The summed E-state index contributed by atoms with van der Waals surface area (Å²) in [5, 5.41) is 5.99. The fourth-order valence-electron chi connectivity index (χ4n) is 2.38. The molecule has 1 N–H and O–H groups in total. The topological polar surface area (TPSA) is 62.3 Å². The second-order valence-corrected chi connectivity index (χ2v) is 8.37. The van der Waals surface area contributed by atoms with Crippen LogP contribution in [-0.4, -0.2) is 41.0 Å². The highest BCUT2D eigenvalue weighted by Gasteiger charge is 2.14. The standard InChI is InChI=1S/C19H25N3O2S2/c1-13-6-5-7-17(14(13)2)21-18(23)10-22(4)19(24)8-9-25-11-16-12-26-15(3)20-16/h5-7,12H,8-11H2,1-4H3,(H,21,23). The number of nitrogens with zero attached hydrogens (tertiary/aromatic N) is 2. The van der Waals surface area contributed by atoms with Crippen molar-refractivity contribution in [1.29, 1.82) is 0 Å². The highest BCUT2D eigenvalue weighted by Crippen LogP contribution is 2.18. The van der Waals surface area contributed by atoms with Crippen LogP contribution < -0.4 is 5.32 Å². The molecule has 7 heteroatoms. The number of carbonyl (C=O) groups excluding carboxylic acids is 2. The van der Waals surface area contributed by atoms with E-state index in [-0.39, 0.29) is 18.4 Å². The van der Waals surface area contributed by atoms with Gasteiger partial charge in [0.25, 0.3) is 0 Å². The average molecular weight is 392 g/mol. The van der Waals surface area contributed by atoms with Gasteiger partial charge in [-0.3, -0.25) is 9.59 Å². The first-order chi connectivity index (χ1) is 12.4. The van der Waals surface area contributed by atoms with Crippen molar-refractivity contribution in [2.75, 3.05) is 24.7 Å². The van der Waals surface area contributed by atoms with Crippen molar-refractivity contribution in [2.24, 2.45) is 0 Å². The summed E-state index contributed by atoms with van der Waals surface area (Å²) in [6.07, 6.45) is 0.418. The van der Waals surface area contributed by atoms with E-state index in [1.807, 2.05) is 44.4 Å². The number of amides is 2. The molecule has 0 aliphatic rings. The number of benzene rings is 1. The van der Waals surface area contributed by atoms with Crippen molar-refractivity contribution in [1.82, 2.24) is 9.88 Å². The summed E-state index contributed by atoms with van der Waals surface area (Å²) in [5.41, 5.74) is 4.03. The van der Waals surface area contributed by atoms with E-state index in [1.165, 1.54) is 4.90 Å². The molecule has 1 aromatic carbocycles. The molecule has 140 valence electrons. The summed E-state index contributed by atoms with van der Waals surface area (Å²) in [6, 6.07) is 5.79. The Morgan fingerprint density at radius 2 is 2.04 bits per heavy atom. The van der Waals surface area contributed by atoms with Gasteiger partial charge in [-0.2, -0.15) is 11.8 Å². The second kappa shape index (κ2) is 9.73. The van der Waals surface area contributed by atoms with E-state index in [0.29, 0.717) is 6.42 Å². The van der Waals surface area contributed by atoms with Crippen LogP contribution in [-0.2, 0) is 15.3 Å². The normalized spacial score (nSPS) is 10.6. The van der Waals surface area contributed by atoms with Crippen molar-refractivity contribution < 1.29 is 9.59 Å². The minimum atomic E-state index is -0.180. The minimum absolute atomic E-state index is 0.0249. The van der Waals surface area contributed by atoms with E-state index in [0.717, 1.165) is 39.0 Å². The maximum atomic E-state index is 12.2. The number of carbonyl (C=O) groups is 2. The molecule has 0 fully saturated rings. The van der Waals surface area contributed by atoms with Gasteiger partial charge in [-0.05, 0) is 38.0 Å². The zero-order valence-electron chi connectivity index (χ0n) is 15.7. The number of aromatic nitrogens is 1. The third-order valence-electron chi connectivity index (χ3n) is 4.06. The van der Waals surface area contributed by atoms with Crippen LogP contribution in [0.25, 0.3) is 0 Å². The second-order valence-electron chi connectivity index (χ2n) is 6.21. The van der Waals surface area contributed by atoms with Crippen LogP contribution in [0.5, 0.6) is 0 Å². The Labute approximate surface area is 163 Å².